The first-order valence-corrected chi connectivity index (χ1v) is 34.9. The molecule has 4 aliphatic carbocycles. The van der Waals surface area contributed by atoms with Crippen molar-refractivity contribution in [3.63, 3.8) is 0 Å². The third kappa shape index (κ3) is 16.9. The first kappa shape index (κ1) is 73.3. The molecule has 0 aromatic carbocycles. The van der Waals surface area contributed by atoms with Crippen molar-refractivity contribution in [2.75, 3.05) is 40.6 Å². The lowest BCUT2D eigenvalue weighted by Gasteiger charge is -2.41. The quantitative estimate of drug-likeness (QED) is 0.0858. The van der Waals surface area contributed by atoms with Gasteiger partial charge in [0.1, 0.15) is 23.0 Å². The first-order valence-electron chi connectivity index (χ1n) is 31.0. The highest BCUT2D eigenvalue weighted by atomic mass is 79.9. The highest BCUT2D eigenvalue weighted by molar-refractivity contribution is 9.11. The van der Waals surface area contributed by atoms with Gasteiger partial charge in [0.2, 0.25) is 5.92 Å². The molecule has 0 radical (unpaired) electrons. The van der Waals surface area contributed by atoms with Gasteiger partial charge in [0.15, 0.2) is 56.8 Å². The number of carbonyl (C=O) groups excluding carboxylic acids is 6. The summed E-state index contributed by atoms with van der Waals surface area (Å²) in [4.78, 5) is 84.9. The molecule has 4 saturated carbocycles. The van der Waals surface area contributed by atoms with E-state index in [1.54, 1.807) is 74.4 Å². The minimum atomic E-state index is -2.52. The van der Waals surface area contributed by atoms with Gasteiger partial charge in [0.05, 0.1) is 57.4 Å². The third-order valence-corrected chi connectivity index (χ3v) is 18.6. The van der Waals surface area contributed by atoms with Crippen LogP contribution in [0.4, 0.5) is 8.78 Å². The van der Waals surface area contributed by atoms with Gasteiger partial charge in [-0.1, -0.05) is 13.3 Å². The number of ether oxygens (including phenoxy) is 6. The summed E-state index contributed by atoms with van der Waals surface area (Å²) in [5.74, 6) is -3.97. The van der Waals surface area contributed by atoms with Crippen LogP contribution in [-0.4, -0.2) is 155 Å². The number of esters is 4. The number of nitrogens with zero attached hydrogens (tertiary/aromatic N) is 15. The molecule has 5 aliphatic rings. The molecule has 0 unspecified atom stereocenters. The molecule has 5 fully saturated rings. The number of aryl methyl sites for hydroxylation is 1. The van der Waals surface area contributed by atoms with Crippen LogP contribution in [0.2, 0.25) is 0 Å². The van der Waals surface area contributed by atoms with Crippen LogP contribution in [0.25, 0.3) is 28.2 Å². The Morgan fingerprint density at radius 2 is 0.837 bits per heavy atom. The topological polar surface area (TPSA) is 309 Å². The Kier molecular flexibility index (Phi) is 22.6. The molecule has 15 rings (SSSR count). The smallest absolute Gasteiger partial charge is 0.373 e. The molecule has 27 nitrogen and oxygen atoms in total. The molecule has 1 saturated heterocycles. The van der Waals surface area contributed by atoms with E-state index in [9.17, 15) is 28.0 Å². The second-order valence-electron chi connectivity index (χ2n) is 24.7. The minimum absolute atomic E-state index is 0.0927. The van der Waals surface area contributed by atoms with Crippen molar-refractivity contribution in [3.8, 4) is 0 Å². The Bertz CT molecular complexity index is 4690. The predicted octanol–water partition coefficient (Wildman–Crippen LogP) is 12.9. The molecule has 1 aliphatic heterocycles. The zero-order chi connectivity index (χ0) is 70.8. The van der Waals surface area contributed by atoms with Gasteiger partial charge in [-0.2, -0.15) is 35.1 Å². The van der Waals surface area contributed by atoms with Crippen LogP contribution in [0.1, 0.15) is 193 Å². The van der Waals surface area contributed by atoms with Crippen molar-refractivity contribution in [3.05, 3.63) is 141 Å². The van der Waals surface area contributed by atoms with E-state index >= 15 is 0 Å². The maximum atomic E-state index is 12.9. The van der Waals surface area contributed by atoms with E-state index in [1.807, 2.05) is 50.4 Å². The lowest BCUT2D eigenvalue weighted by atomic mass is 9.79. The maximum Gasteiger partial charge on any atom is 0.373 e. The molecule has 98 heavy (non-hydrogen) atoms. The maximum absolute atomic E-state index is 12.9. The number of aromatic nitrogens is 15. The fourth-order valence-corrected chi connectivity index (χ4v) is 12.8. The van der Waals surface area contributed by atoms with E-state index in [1.165, 1.54) is 20.6 Å². The van der Waals surface area contributed by atoms with Gasteiger partial charge in [0.25, 0.3) is 0 Å². The normalized spacial score (nSPS) is 16.9. The van der Waals surface area contributed by atoms with E-state index in [4.69, 9.17) is 38.0 Å². The van der Waals surface area contributed by atoms with Gasteiger partial charge in [-0.05, 0) is 190 Å². The summed E-state index contributed by atoms with van der Waals surface area (Å²) in [5.41, 5.74) is 9.71. The van der Waals surface area contributed by atoms with Crippen LogP contribution >= 0.6 is 79.6 Å². The standard InChI is InChI=1S/C15H18BrN3O4.C13H14BrN3O2.2C12H12BrN3O2.C11H10BrF2N3.CO2/c1-14(2)22-7-15(3,8-23-14)10-5-9(13(20)21-4)17-12-6-11(16)18-19(10)12;1-2-19-13(18)9-6-10(8-4-3-5-8)17-12(15-9)7-11(14)16-17;1-12(3-4-12)8-5-7(11(17)18-2)14-10-6-9(13)15-16(8)10;1-2-18-12(17)8-5-9(7-3-4-7)16-11(14-8)6-10(13)15-16;1-6-2-8(7-4-11(13,14)5-7)17-10(15-6)3-9(12)16-17;2-1-3/h5-6H,7-8H2,1-4H3;6-8H,2-5H2,1H3;5-6H,3-4H2,1-2H3;5-7H,2-4H2,1H3;2-3,7H,4-5H2,1H3;. The van der Waals surface area contributed by atoms with Gasteiger partial charge < -0.3 is 28.4 Å². The number of halogens is 7. The lowest BCUT2D eigenvalue weighted by Crippen LogP contribution is -2.48. The Morgan fingerprint density at radius 3 is 1.17 bits per heavy atom. The predicted molar refractivity (Wildman–Crippen MR) is 363 cm³/mol. The van der Waals surface area contributed by atoms with Crippen LogP contribution in [0.5, 0.6) is 0 Å². The van der Waals surface area contributed by atoms with Crippen LogP contribution in [-0.2, 0) is 48.8 Å². The monoisotopic (exact) mass is 1670 g/mol. The third-order valence-electron chi connectivity index (χ3n) is 16.7. The number of hydrogen-bond donors (Lipinski definition) is 0. The Balaban J connectivity index is 0.000000132. The molecular formula is C64H66Br5F2N15O12. The molecule has 518 valence electrons. The van der Waals surface area contributed by atoms with Crippen molar-refractivity contribution in [2.45, 2.75) is 147 Å². The fourth-order valence-electron chi connectivity index (χ4n) is 11.0. The molecule has 10 aromatic rings. The fraction of sp³-hybridized carbons (Fsp3) is 0.453. The van der Waals surface area contributed by atoms with Crippen LogP contribution in [0.3, 0.4) is 0 Å². The summed E-state index contributed by atoms with van der Waals surface area (Å²) in [7, 11) is 2.69. The molecular weight excluding hydrogens is 1610 g/mol. The SMILES string of the molecule is CCOC(=O)c1cc(C2CC2)n2nc(Br)cc2n1.CCOC(=O)c1cc(C2CCC2)n2nc(Br)cc2n1.COC(=O)c1cc(C2(C)CC2)n2nc(Br)cc2n1.COC(=O)c1cc(C2(C)COC(C)(C)OC2)n2nc(Br)cc2n1.Cc1cc(C2CC(F)(F)C2)n2nc(Br)cc2n1.O=C=O. The Hall–Kier alpha value is -7.46. The highest BCUT2D eigenvalue weighted by Crippen LogP contribution is 2.49. The average Bonchev–Trinajstić information content (AvgIpc) is 1.54. The Morgan fingerprint density at radius 1 is 0.500 bits per heavy atom. The van der Waals surface area contributed by atoms with Crippen molar-refractivity contribution >= 4 is 138 Å². The molecule has 10 aromatic heterocycles. The van der Waals surface area contributed by atoms with E-state index in [2.05, 4.69) is 137 Å². The van der Waals surface area contributed by atoms with Crippen molar-refractivity contribution < 1.29 is 66.0 Å². The first-order chi connectivity index (χ1) is 46.5. The van der Waals surface area contributed by atoms with Crippen molar-refractivity contribution in [1.82, 2.24) is 73.0 Å². The summed E-state index contributed by atoms with van der Waals surface area (Å²) in [5, 5.41) is 21.7. The Labute approximate surface area is 600 Å². The van der Waals surface area contributed by atoms with Gasteiger partial charge in [-0.25, -0.2) is 75.5 Å². The second kappa shape index (κ2) is 30.2. The molecule has 0 bridgehead atoms. The van der Waals surface area contributed by atoms with E-state index in [0.29, 0.717) is 97.4 Å². The number of alkyl halides is 2. The van der Waals surface area contributed by atoms with Crippen molar-refractivity contribution in [1.29, 1.82) is 0 Å². The second-order valence-corrected chi connectivity index (χ2v) is 28.7. The van der Waals surface area contributed by atoms with E-state index in [-0.39, 0.29) is 48.0 Å². The lowest BCUT2D eigenvalue weighted by molar-refractivity contribution is -0.267. The number of carbonyl (C=O) groups is 4. The zero-order valence-corrected chi connectivity index (χ0v) is 62.4. The molecule has 0 atom stereocenters. The summed E-state index contributed by atoms with van der Waals surface area (Å²) in [6, 6.07) is 17.8. The number of hydrogen-bond acceptors (Lipinski definition) is 22. The van der Waals surface area contributed by atoms with Gasteiger partial charge in [-0.3, -0.25) is 0 Å². The minimum Gasteiger partial charge on any atom is -0.464 e. The summed E-state index contributed by atoms with van der Waals surface area (Å²) in [6.45, 7) is 15.0. The zero-order valence-electron chi connectivity index (χ0n) is 54.5. The van der Waals surface area contributed by atoms with Crippen LogP contribution < -0.4 is 0 Å². The largest absolute Gasteiger partial charge is 0.464 e. The molecule has 34 heteroatoms. The van der Waals surface area contributed by atoms with Crippen LogP contribution in [0, 0.1) is 6.92 Å². The molecule has 0 N–H and O–H groups in total. The summed E-state index contributed by atoms with van der Waals surface area (Å²) < 4.78 is 69.2. The number of rotatable bonds is 11. The van der Waals surface area contributed by atoms with Gasteiger partial charge in [-0.15, -0.1) is 0 Å². The number of fused-ring (bicyclic) bond motifs is 5. The van der Waals surface area contributed by atoms with Crippen molar-refractivity contribution in [2.24, 2.45) is 0 Å². The molecule has 11 heterocycles. The summed E-state index contributed by atoms with van der Waals surface area (Å²) >= 11 is 16.6. The van der Waals surface area contributed by atoms with Gasteiger partial charge >= 0.3 is 30.0 Å². The highest BCUT2D eigenvalue weighted by Gasteiger charge is 2.47. The van der Waals surface area contributed by atoms with Gasteiger partial charge in [0, 0.05) is 89.1 Å². The summed E-state index contributed by atoms with van der Waals surface area (Å²) in [6.07, 6.45) is 8.04. The molecule has 0 spiro atoms. The molecule has 0 amide bonds. The van der Waals surface area contributed by atoms with Crippen LogP contribution in [0.15, 0.2) is 83.7 Å². The average molecular weight is 1670 g/mol. The number of methoxy groups -OCH3 is 2. The van der Waals surface area contributed by atoms with E-state index in [0.717, 1.165) is 81.9 Å². The van der Waals surface area contributed by atoms with E-state index < -0.39 is 29.1 Å².